The first kappa shape index (κ1) is 21.5. The Morgan fingerprint density at radius 2 is 1.69 bits per heavy atom. The van der Waals surface area contributed by atoms with Gasteiger partial charge in [0.2, 0.25) is 11.3 Å². The molecule has 0 saturated heterocycles. The van der Waals surface area contributed by atoms with Crippen LogP contribution >= 0.6 is 11.6 Å². The van der Waals surface area contributed by atoms with Crippen molar-refractivity contribution in [1.82, 2.24) is 4.57 Å². The lowest BCUT2D eigenvalue weighted by Gasteiger charge is -2.14. The molecule has 0 aliphatic carbocycles. The Labute approximate surface area is 190 Å². The van der Waals surface area contributed by atoms with Gasteiger partial charge in [0, 0.05) is 27.9 Å². The van der Waals surface area contributed by atoms with E-state index in [-0.39, 0.29) is 29.2 Å². The lowest BCUT2D eigenvalue weighted by atomic mass is 10.0. The van der Waals surface area contributed by atoms with E-state index in [2.05, 4.69) is 5.32 Å². The van der Waals surface area contributed by atoms with Crippen molar-refractivity contribution in [3.05, 3.63) is 111 Å². The van der Waals surface area contributed by atoms with Crippen molar-refractivity contribution in [3.8, 4) is 0 Å². The molecule has 4 aromatic rings. The zero-order valence-corrected chi connectivity index (χ0v) is 18.2. The lowest BCUT2D eigenvalue weighted by molar-refractivity contribution is -0.116. The highest BCUT2D eigenvalue weighted by molar-refractivity contribution is 6.30. The summed E-state index contributed by atoms with van der Waals surface area (Å²) in [4.78, 5) is 39.1. The maximum Gasteiger partial charge on any atom is 0.244 e. The number of aryl methyl sites for hydroxylation is 1. The van der Waals surface area contributed by atoms with Crippen molar-refractivity contribution in [2.45, 2.75) is 19.9 Å². The number of pyridine rings is 1. The molecule has 5 nitrogen and oxygen atoms in total. The van der Waals surface area contributed by atoms with Gasteiger partial charge in [0.25, 0.3) is 0 Å². The van der Waals surface area contributed by atoms with E-state index in [9.17, 15) is 14.4 Å². The summed E-state index contributed by atoms with van der Waals surface area (Å²) < 4.78 is 1.65. The van der Waals surface area contributed by atoms with Gasteiger partial charge in [-0.05, 0) is 48.4 Å². The largest absolute Gasteiger partial charge is 0.337 e. The van der Waals surface area contributed by atoms with E-state index in [1.54, 1.807) is 59.2 Å². The van der Waals surface area contributed by atoms with Crippen LogP contribution in [0.25, 0.3) is 10.9 Å². The van der Waals surface area contributed by atoms with Crippen molar-refractivity contribution >= 4 is 39.9 Å². The molecule has 0 unspecified atom stereocenters. The Morgan fingerprint density at radius 3 is 2.38 bits per heavy atom. The molecule has 0 fully saturated rings. The van der Waals surface area contributed by atoms with Gasteiger partial charge in [-0.3, -0.25) is 14.4 Å². The van der Waals surface area contributed by atoms with E-state index in [0.717, 1.165) is 12.0 Å². The number of fused-ring (bicyclic) bond motifs is 1. The van der Waals surface area contributed by atoms with Gasteiger partial charge < -0.3 is 9.88 Å². The third kappa shape index (κ3) is 4.48. The van der Waals surface area contributed by atoms with Gasteiger partial charge in [-0.2, -0.15) is 0 Å². The van der Waals surface area contributed by atoms with E-state index in [0.29, 0.717) is 27.2 Å². The van der Waals surface area contributed by atoms with Crippen LogP contribution in [0, 0.1) is 0 Å². The minimum atomic E-state index is -0.369. The van der Waals surface area contributed by atoms with Gasteiger partial charge in [0.1, 0.15) is 6.54 Å². The Hall–Kier alpha value is -3.70. The maximum absolute atomic E-state index is 13.2. The van der Waals surface area contributed by atoms with Crippen LogP contribution in [0.3, 0.4) is 0 Å². The minimum absolute atomic E-state index is 0.0382. The first-order valence-electron chi connectivity index (χ1n) is 10.3. The molecule has 1 heterocycles. The van der Waals surface area contributed by atoms with Crippen LogP contribution in [0.2, 0.25) is 5.02 Å². The Kier molecular flexibility index (Phi) is 6.19. The first-order valence-corrected chi connectivity index (χ1v) is 10.7. The van der Waals surface area contributed by atoms with Crippen molar-refractivity contribution in [2.24, 2.45) is 0 Å². The summed E-state index contributed by atoms with van der Waals surface area (Å²) in [5, 5.41) is 3.81. The second-order valence-corrected chi connectivity index (χ2v) is 7.89. The lowest BCUT2D eigenvalue weighted by Crippen LogP contribution is -2.24. The first-order chi connectivity index (χ1) is 15.5. The molecule has 160 valence electrons. The number of carbonyl (C=O) groups excluding carboxylic acids is 2. The van der Waals surface area contributed by atoms with Gasteiger partial charge >= 0.3 is 0 Å². The van der Waals surface area contributed by atoms with Crippen molar-refractivity contribution < 1.29 is 9.59 Å². The van der Waals surface area contributed by atoms with Crippen LogP contribution in [0.4, 0.5) is 5.69 Å². The number of hydrogen-bond donors (Lipinski definition) is 1. The molecule has 32 heavy (non-hydrogen) atoms. The van der Waals surface area contributed by atoms with Gasteiger partial charge in [-0.1, -0.05) is 54.9 Å². The van der Waals surface area contributed by atoms with Gasteiger partial charge in [0.15, 0.2) is 5.78 Å². The Balaban J connectivity index is 1.77. The summed E-state index contributed by atoms with van der Waals surface area (Å²) in [6.45, 7) is 1.94. The van der Waals surface area contributed by atoms with Crippen LogP contribution in [-0.4, -0.2) is 16.3 Å². The number of benzene rings is 3. The van der Waals surface area contributed by atoms with Crippen LogP contribution in [-0.2, 0) is 17.8 Å². The molecule has 0 atom stereocenters. The fraction of sp³-hybridized carbons (Fsp3) is 0.115. The summed E-state index contributed by atoms with van der Waals surface area (Å²) in [6, 6.07) is 21.0. The molecule has 4 rings (SSSR count). The molecule has 0 saturated carbocycles. The molecule has 0 spiro atoms. The molecule has 0 aliphatic rings. The normalized spacial score (nSPS) is 10.8. The van der Waals surface area contributed by atoms with Crippen molar-refractivity contribution in [3.63, 3.8) is 0 Å². The molecule has 1 amide bonds. The van der Waals surface area contributed by atoms with Crippen LogP contribution in [0.15, 0.2) is 83.8 Å². The molecule has 0 aliphatic heterocycles. The van der Waals surface area contributed by atoms with Crippen LogP contribution < -0.4 is 10.7 Å². The molecular formula is C26H21ClN2O3. The fourth-order valence-electron chi connectivity index (χ4n) is 3.59. The number of aromatic nitrogens is 1. The highest BCUT2D eigenvalue weighted by Gasteiger charge is 2.18. The fourth-order valence-corrected chi connectivity index (χ4v) is 3.72. The molecule has 0 radical (unpaired) electrons. The summed E-state index contributed by atoms with van der Waals surface area (Å²) in [7, 11) is 0. The molecular weight excluding hydrogens is 424 g/mol. The third-order valence-corrected chi connectivity index (χ3v) is 5.53. The van der Waals surface area contributed by atoms with Crippen LogP contribution in [0.1, 0.15) is 28.4 Å². The minimum Gasteiger partial charge on any atom is -0.337 e. The number of halogens is 1. The van der Waals surface area contributed by atoms with E-state index >= 15 is 0 Å². The standard InChI is InChI=1S/C26H21ClN2O3/c1-2-17-8-13-23-21(14-17)26(32)22(25(31)18-6-4-3-5-7-18)15-29(23)16-24(30)28-20-11-9-19(27)10-12-20/h3-15H,2,16H2,1H3,(H,28,30). The summed E-state index contributed by atoms with van der Waals surface area (Å²) in [5.41, 5.74) is 2.32. The topological polar surface area (TPSA) is 68.2 Å². The average molecular weight is 445 g/mol. The predicted molar refractivity (Wildman–Crippen MR) is 128 cm³/mol. The van der Waals surface area contributed by atoms with E-state index in [1.165, 1.54) is 6.20 Å². The smallest absolute Gasteiger partial charge is 0.244 e. The van der Waals surface area contributed by atoms with Gasteiger partial charge in [0.05, 0.1) is 11.1 Å². The summed E-state index contributed by atoms with van der Waals surface area (Å²) in [6.07, 6.45) is 2.23. The number of anilines is 1. The van der Waals surface area contributed by atoms with E-state index in [1.807, 2.05) is 25.1 Å². The molecule has 6 heteroatoms. The quantitative estimate of drug-likeness (QED) is 0.421. The van der Waals surface area contributed by atoms with Crippen molar-refractivity contribution in [2.75, 3.05) is 5.32 Å². The molecule has 1 aromatic heterocycles. The number of rotatable bonds is 6. The van der Waals surface area contributed by atoms with Gasteiger partial charge in [-0.25, -0.2) is 0 Å². The number of ketones is 1. The predicted octanol–water partition coefficient (Wildman–Crippen LogP) is 5.09. The van der Waals surface area contributed by atoms with Crippen molar-refractivity contribution in [1.29, 1.82) is 0 Å². The third-order valence-electron chi connectivity index (χ3n) is 5.28. The Bertz CT molecular complexity index is 1360. The second kappa shape index (κ2) is 9.20. The number of nitrogens with one attached hydrogen (secondary N) is 1. The molecule has 3 aromatic carbocycles. The van der Waals surface area contributed by atoms with E-state index in [4.69, 9.17) is 11.6 Å². The second-order valence-electron chi connectivity index (χ2n) is 7.46. The molecule has 0 bridgehead atoms. The zero-order valence-electron chi connectivity index (χ0n) is 17.5. The monoisotopic (exact) mass is 444 g/mol. The average Bonchev–Trinajstić information content (AvgIpc) is 2.82. The number of amides is 1. The highest BCUT2D eigenvalue weighted by atomic mass is 35.5. The zero-order chi connectivity index (χ0) is 22.7. The Morgan fingerprint density at radius 1 is 0.969 bits per heavy atom. The van der Waals surface area contributed by atoms with E-state index < -0.39 is 0 Å². The van der Waals surface area contributed by atoms with Gasteiger partial charge in [-0.15, -0.1) is 0 Å². The highest BCUT2D eigenvalue weighted by Crippen LogP contribution is 2.18. The number of carbonyl (C=O) groups is 2. The SMILES string of the molecule is CCc1ccc2c(c1)c(=O)c(C(=O)c1ccccc1)cn2CC(=O)Nc1ccc(Cl)cc1. The number of nitrogens with zero attached hydrogens (tertiary/aromatic N) is 1. The summed E-state index contributed by atoms with van der Waals surface area (Å²) >= 11 is 5.90. The maximum atomic E-state index is 13.2. The van der Waals surface area contributed by atoms with Crippen LogP contribution in [0.5, 0.6) is 0 Å². The summed E-state index contributed by atoms with van der Waals surface area (Å²) in [5.74, 6) is -0.652. The number of hydrogen-bond acceptors (Lipinski definition) is 3. The molecule has 1 N–H and O–H groups in total.